The molecule has 1 aromatic heterocycles. The Hall–Kier alpha value is -1.11. The first-order valence-corrected chi connectivity index (χ1v) is 5.72. The Kier molecular flexibility index (Phi) is 3.98. The van der Waals surface area contributed by atoms with Crippen LogP contribution >= 0.6 is 0 Å². The molecule has 1 heterocycles. The topological polar surface area (TPSA) is 71.5 Å². The lowest BCUT2D eigenvalue weighted by molar-refractivity contribution is -0.107. The minimum Gasteiger partial charge on any atom is -0.484 e. The Morgan fingerprint density at radius 2 is 2.35 bits per heavy atom. The third-order valence-corrected chi connectivity index (χ3v) is 2.86. The predicted molar refractivity (Wildman–Crippen MR) is 61.8 cm³/mol. The van der Waals surface area contributed by atoms with Crippen LogP contribution in [0.1, 0.15) is 6.42 Å². The van der Waals surface area contributed by atoms with E-state index in [-0.39, 0.29) is 18.2 Å². The molecule has 0 amide bonds. The molecule has 3 unspecified atom stereocenters. The molecule has 0 spiro atoms. The molecule has 2 rings (SSSR count). The number of hydrogen-bond acceptors (Lipinski definition) is 5. The van der Waals surface area contributed by atoms with Crippen LogP contribution in [0.3, 0.4) is 0 Å². The van der Waals surface area contributed by atoms with Crippen LogP contribution < -0.4 is 10.5 Å². The number of methoxy groups -OCH3 is 1. The van der Waals surface area contributed by atoms with Gasteiger partial charge in [0.25, 0.3) is 0 Å². The zero-order valence-electron chi connectivity index (χ0n) is 10.2. The molecule has 17 heavy (non-hydrogen) atoms. The minimum atomic E-state index is -0.0506. The monoisotopic (exact) mass is 241 g/mol. The van der Waals surface area contributed by atoms with Crippen LogP contribution in [0.15, 0.2) is 12.4 Å². The van der Waals surface area contributed by atoms with Gasteiger partial charge >= 0.3 is 0 Å². The molecule has 0 aliphatic heterocycles. The van der Waals surface area contributed by atoms with Crippen molar-refractivity contribution in [2.45, 2.75) is 24.7 Å². The molecular weight excluding hydrogens is 222 g/mol. The van der Waals surface area contributed by atoms with Crippen LogP contribution in [0.5, 0.6) is 5.75 Å². The quantitative estimate of drug-likeness (QED) is 0.706. The van der Waals surface area contributed by atoms with Gasteiger partial charge in [0.2, 0.25) is 0 Å². The smallest absolute Gasteiger partial charge is 0.157 e. The normalized spacial score (nSPS) is 27.8. The molecule has 1 aliphatic carbocycles. The zero-order chi connectivity index (χ0) is 12.3. The molecule has 1 fully saturated rings. The summed E-state index contributed by atoms with van der Waals surface area (Å²) < 4.78 is 18.0. The van der Waals surface area contributed by atoms with E-state index in [2.05, 4.69) is 5.10 Å². The standard InChI is InChI=1S/C11H19N3O3/c1-14-7-8(6-13-14)17-10-5-9(12)11(10)16-4-3-15-2/h6-7,9-11H,3-5,12H2,1-2H3. The van der Waals surface area contributed by atoms with Crippen molar-refractivity contribution in [2.24, 2.45) is 12.8 Å². The first-order valence-electron chi connectivity index (χ1n) is 5.72. The molecule has 0 aromatic carbocycles. The van der Waals surface area contributed by atoms with Gasteiger partial charge in [-0.15, -0.1) is 0 Å². The molecule has 0 saturated heterocycles. The second kappa shape index (κ2) is 5.48. The van der Waals surface area contributed by atoms with E-state index in [1.807, 2.05) is 13.2 Å². The summed E-state index contributed by atoms with van der Waals surface area (Å²) >= 11 is 0. The number of hydrogen-bond donors (Lipinski definition) is 1. The number of nitrogens with zero attached hydrogens (tertiary/aromatic N) is 2. The summed E-state index contributed by atoms with van der Waals surface area (Å²) in [5.41, 5.74) is 5.89. The number of rotatable bonds is 6. The zero-order valence-corrected chi connectivity index (χ0v) is 10.2. The Morgan fingerprint density at radius 1 is 1.53 bits per heavy atom. The van der Waals surface area contributed by atoms with Crippen LogP contribution in [0, 0.1) is 0 Å². The van der Waals surface area contributed by atoms with E-state index in [0.717, 1.165) is 12.2 Å². The molecular formula is C11H19N3O3. The van der Waals surface area contributed by atoms with Crippen LogP contribution in [-0.2, 0) is 16.5 Å². The lowest BCUT2D eigenvalue weighted by atomic mass is 9.86. The highest BCUT2D eigenvalue weighted by Gasteiger charge is 2.41. The van der Waals surface area contributed by atoms with E-state index in [1.165, 1.54) is 0 Å². The highest BCUT2D eigenvalue weighted by Crippen LogP contribution is 2.27. The minimum absolute atomic E-state index is 0.0195. The molecule has 2 N–H and O–H groups in total. The fourth-order valence-corrected chi connectivity index (χ4v) is 1.86. The fraction of sp³-hybridized carbons (Fsp3) is 0.727. The van der Waals surface area contributed by atoms with Gasteiger partial charge in [-0.05, 0) is 0 Å². The average molecular weight is 241 g/mol. The Balaban J connectivity index is 1.80. The van der Waals surface area contributed by atoms with Crippen molar-refractivity contribution < 1.29 is 14.2 Å². The van der Waals surface area contributed by atoms with Crippen LogP contribution in [0.2, 0.25) is 0 Å². The van der Waals surface area contributed by atoms with Crippen molar-refractivity contribution in [2.75, 3.05) is 20.3 Å². The highest BCUT2D eigenvalue weighted by molar-refractivity contribution is 5.14. The lowest BCUT2D eigenvalue weighted by Gasteiger charge is -2.41. The van der Waals surface area contributed by atoms with Gasteiger partial charge in [-0.25, -0.2) is 0 Å². The predicted octanol–water partition coefficient (Wildman–Crippen LogP) is -0.0699. The third kappa shape index (κ3) is 2.96. The maximum absolute atomic E-state index is 5.89. The number of aromatic nitrogens is 2. The van der Waals surface area contributed by atoms with Crippen molar-refractivity contribution in [1.29, 1.82) is 0 Å². The van der Waals surface area contributed by atoms with E-state index in [4.69, 9.17) is 19.9 Å². The Labute approximate surface area is 101 Å². The van der Waals surface area contributed by atoms with Gasteiger partial charge in [-0.1, -0.05) is 0 Å². The maximum atomic E-state index is 5.89. The van der Waals surface area contributed by atoms with Crippen LogP contribution in [-0.4, -0.2) is 48.4 Å². The van der Waals surface area contributed by atoms with Crippen molar-refractivity contribution in [3.8, 4) is 5.75 Å². The van der Waals surface area contributed by atoms with Gasteiger partial charge in [0.15, 0.2) is 5.75 Å². The van der Waals surface area contributed by atoms with E-state index in [1.54, 1.807) is 18.0 Å². The number of ether oxygens (including phenoxy) is 3. The van der Waals surface area contributed by atoms with Crippen molar-refractivity contribution >= 4 is 0 Å². The molecule has 6 nitrogen and oxygen atoms in total. The van der Waals surface area contributed by atoms with Gasteiger partial charge in [-0.2, -0.15) is 5.10 Å². The van der Waals surface area contributed by atoms with E-state index >= 15 is 0 Å². The maximum Gasteiger partial charge on any atom is 0.157 e. The second-order valence-electron chi connectivity index (χ2n) is 4.23. The number of aryl methyl sites for hydroxylation is 1. The van der Waals surface area contributed by atoms with Gasteiger partial charge in [0.05, 0.1) is 25.6 Å². The van der Waals surface area contributed by atoms with Crippen molar-refractivity contribution in [3.05, 3.63) is 12.4 Å². The molecule has 1 aromatic rings. The lowest BCUT2D eigenvalue weighted by Crippen LogP contribution is -2.59. The molecule has 0 bridgehead atoms. The second-order valence-corrected chi connectivity index (χ2v) is 4.23. The summed E-state index contributed by atoms with van der Waals surface area (Å²) in [6, 6.07) is 0.0496. The third-order valence-electron chi connectivity index (χ3n) is 2.86. The average Bonchev–Trinajstić information content (AvgIpc) is 2.70. The Morgan fingerprint density at radius 3 is 2.94 bits per heavy atom. The van der Waals surface area contributed by atoms with Crippen LogP contribution in [0.25, 0.3) is 0 Å². The first-order chi connectivity index (χ1) is 8.20. The van der Waals surface area contributed by atoms with Gasteiger partial charge in [-0.3, -0.25) is 4.68 Å². The van der Waals surface area contributed by atoms with Gasteiger partial charge < -0.3 is 19.9 Å². The molecule has 0 radical (unpaired) electrons. The van der Waals surface area contributed by atoms with Gasteiger partial charge in [0.1, 0.15) is 12.2 Å². The van der Waals surface area contributed by atoms with E-state index in [0.29, 0.717) is 13.2 Å². The summed E-state index contributed by atoms with van der Waals surface area (Å²) in [5, 5.41) is 4.05. The molecule has 6 heteroatoms. The summed E-state index contributed by atoms with van der Waals surface area (Å²) in [7, 11) is 3.50. The van der Waals surface area contributed by atoms with Crippen molar-refractivity contribution in [1.82, 2.24) is 9.78 Å². The van der Waals surface area contributed by atoms with Gasteiger partial charge in [0, 0.05) is 26.6 Å². The largest absolute Gasteiger partial charge is 0.484 e. The molecule has 1 saturated carbocycles. The molecule has 1 aliphatic rings. The number of nitrogens with two attached hydrogens (primary N) is 1. The van der Waals surface area contributed by atoms with E-state index in [9.17, 15) is 0 Å². The molecule has 96 valence electrons. The fourth-order valence-electron chi connectivity index (χ4n) is 1.86. The molecule has 3 atom stereocenters. The highest BCUT2D eigenvalue weighted by atomic mass is 16.6. The SMILES string of the molecule is COCCOC1C(N)CC1Oc1cnn(C)c1. The van der Waals surface area contributed by atoms with Crippen molar-refractivity contribution in [3.63, 3.8) is 0 Å². The van der Waals surface area contributed by atoms with E-state index < -0.39 is 0 Å². The Bertz CT molecular complexity index is 355. The summed E-state index contributed by atoms with van der Waals surface area (Å²) in [6.45, 7) is 1.12. The summed E-state index contributed by atoms with van der Waals surface area (Å²) in [4.78, 5) is 0. The summed E-state index contributed by atoms with van der Waals surface area (Å²) in [5.74, 6) is 0.754. The summed E-state index contributed by atoms with van der Waals surface area (Å²) in [6.07, 6.45) is 4.30. The first kappa shape index (κ1) is 12.3. The van der Waals surface area contributed by atoms with Crippen LogP contribution in [0.4, 0.5) is 0 Å².